The van der Waals surface area contributed by atoms with Crippen LogP contribution >= 0.6 is 0 Å². The topological polar surface area (TPSA) is 55.5 Å². The molecule has 0 aromatic heterocycles. The van der Waals surface area contributed by atoms with Crippen molar-refractivity contribution in [2.75, 3.05) is 0 Å². The molecule has 0 aliphatic carbocycles. The molecule has 0 atom stereocenters. The van der Waals surface area contributed by atoms with Crippen LogP contribution in [0.3, 0.4) is 0 Å². The lowest BCUT2D eigenvalue weighted by atomic mass is 10.2. The van der Waals surface area contributed by atoms with Gasteiger partial charge in [-0.05, 0) is 6.07 Å². The van der Waals surface area contributed by atoms with E-state index < -0.39 is 13.5 Å². The molecule has 3 nitrogen and oxygen atoms in total. The Labute approximate surface area is 70.3 Å². The highest BCUT2D eigenvalue weighted by Gasteiger charge is 2.01. The van der Waals surface area contributed by atoms with E-state index in [-0.39, 0.29) is 6.54 Å². The molecule has 0 radical (unpaired) electrons. The van der Waals surface area contributed by atoms with E-state index >= 15 is 0 Å². The van der Waals surface area contributed by atoms with Crippen molar-refractivity contribution < 1.29 is 14.1 Å². The number of nitrogens with two attached hydrogens (primary N) is 1. The van der Waals surface area contributed by atoms with Crippen LogP contribution in [0.5, 0.6) is 5.75 Å². The number of halogens is 1. The summed E-state index contributed by atoms with van der Waals surface area (Å²) in [5.41, 5.74) is 5.68. The molecule has 0 heterocycles. The smallest absolute Gasteiger partial charge is 0.504 e. The van der Waals surface area contributed by atoms with Gasteiger partial charge in [-0.15, -0.1) is 0 Å². The van der Waals surface area contributed by atoms with Crippen molar-refractivity contribution in [1.82, 2.24) is 0 Å². The maximum absolute atomic E-state index is 12.9. The van der Waals surface area contributed by atoms with E-state index in [4.69, 9.17) is 10.8 Å². The molecule has 3 N–H and O–H groups in total. The van der Waals surface area contributed by atoms with E-state index in [1.54, 1.807) is 6.07 Å². The number of rotatable bonds is 3. The van der Waals surface area contributed by atoms with Crippen molar-refractivity contribution >= 4 is 7.69 Å². The lowest BCUT2D eigenvalue weighted by Gasteiger charge is -2.03. The van der Waals surface area contributed by atoms with Crippen molar-refractivity contribution in [1.29, 1.82) is 0 Å². The standard InChI is InChI=1S/C7H9BFNO2/c9-7-3-6(12-8-11)2-1-5(7)4-10/h1-3,8,11H,4,10H2. The lowest BCUT2D eigenvalue weighted by Crippen LogP contribution is -2.03. The first-order valence-corrected chi connectivity index (χ1v) is 3.50. The molecular weight excluding hydrogens is 160 g/mol. The summed E-state index contributed by atoms with van der Waals surface area (Å²) in [6.45, 7) is 0.158. The molecule has 0 saturated carbocycles. The zero-order chi connectivity index (χ0) is 8.97. The molecule has 1 aromatic carbocycles. The average Bonchev–Trinajstić information content (AvgIpc) is 2.05. The molecule has 64 valence electrons. The molecule has 0 fully saturated rings. The van der Waals surface area contributed by atoms with E-state index in [0.29, 0.717) is 11.3 Å². The molecule has 0 spiro atoms. The molecule has 5 heteroatoms. The van der Waals surface area contributed by atoms with Crippen LogP contribution in [0, 0.1) is 5.82 Å². The lowest BCUT2D eigenvalue weighted by molar-refractivity contribution is 0.451. The van der Waals surface area contributed by atoms with Crippen molar-refractivity contribution in [3.63, 3.8) is 0 Å². The molecule has 0 bridgehead atoms. The molecule has 0 aliphatic rings. The second kappa shape index (κ2) is 4.08. The SMILES string of the molecule is NCc1ccc(OBO)cc1F. The van der Waals surface area contributed by atoms with Gasteiger partial charge < -0.3 is 15.4 Å². The largest absolute Gasteiger partial charge is 0.539 e. The normalized spacial score (nSPS) is 9.58. The maximum Gasteiger partial charge on any atom is 0.504 e. The number of hydrogen-bond donors (Lipinski definition) is 2. The second-order valence-corrected chi connectivity index (χ2v) is 2.23. The molecule has 0 aliphatic heterocycles. The fraction of sp³-hybridized carbons (Fsp3) is 0.143. The first-order chi connectivity index (χ1) is 5.77. The quantitative estimate of drug-likeness (QED) is 0.622. The third kappa shape index (κ3) is 1.96. The molecule has 0 unspecified atom stereocenters. The van der Waals surface area contributed by atoms with Crippen LogP contribution < -0.4 is 10.4 Å². The monoisotopic (exact) mass is 169 g/mol. The van der Waals surface area contributed by atoms with Crippen LogP contribution in [-0.4, -0.2) is 12.7 Å². The van der Waals surface area contributed by atoms with Crippen molar-refractivity contribution in [2.45, 2.75) is 6.54 Å². The van der Waals surface area contributed by atoms with Gasteiger partial charge in [0.2, 0.25) is 0 Å². The summed E-state index contributed by atoms with van der Waals surface area (Å²) in [5, 5.41) is 8.37. The third-order valence-corrected chi connectivity index (χ3v) is 1.48. The van der Waals surface area contributed by atoms with Crippen molar-refractivity contribution in [2.24, 2.45) is 5.73 Å². The molecule has 0 saturated heterocycles. The minimum atomic E-state index is -0.457. The summed E-state index contributed by atoms with van der Waals surface area (Å²) >= 11 is 0. The molecule has 1 rings (SSSR count). The van der Waals surface area contributed by atoms with Crippen LogP contribution in [0.4, 0.5) is 4.39 Å². The average molecular weight is 169 g/mol. The summed E-state index contributed by atoms with van der Waals surface area (Å²) < 4.78 is 17.6. The van der Waals surface area contributed by atoms with Gasteiger partial charge in [0.1, 0.15) is 11.6 Å². The van der Waals surface area contributed by atoms with E-state index in [1.807, 2.05) is 0 Å². The molecular formula is C7H9BFNO2. The van der Waals surface area contributed by atoms with Crippen LogP contribution in [0.15, 0.2) is 18.2 Å². The zero-order valence-corrected chi connectivity index (χ0v) is 6.46. The van der Waals surface area contributed by atoms with E-state index in [0.717, 1.165) is 0 Å². The number of benzene rings is 1. The molecule has 12 heavy (non-hydrogen) atoms. The van der Waals surface area contributed by atoms with Crippen LogP contribution in [0.1, 0.15) is 5.56 Å². The third-order valence-electron chi connectivity index (χ3n) is 1.48. The van der Waals surface area contributed by atoms with Gasteiger partial charge in [0.15, 0.2) is 0 Å². The number of hydrogen-bond acceptors (Lipinski definition) is 3. The molecule has 1 aromatic rings. The Balaban J connectivity index is 2.86. The highest BCUT2D eigenvalue weighted by atomic mass is 19.1. The second-order valence-electron chi connectivity index (χ2n) is 2.23. The van der Waals surface area contributed by atoms with Crippen molar-refractivity contribution in [3.05, 3.63) is 29.6 Å². The van der Waals surface area contributed by atoms with Gasteiger partial charge in [0, 0.05) is 18.2 Å². The summed E-state index contributed by atoms with van der Waals surface area (Å²) in [6.07, 6.45) is 0. The van der Waals surface area contributed by atoms with Gasteiger partial charge in [0.25, 0.3) is 0 Å². The van der Waals surface area contributed by atoms with Crippen LogP contribution in [0.25, 0.3) is 0 Å². The van der Waals surface area contributed by atoms with Crippen LogP contribution in [0.2, 0.25) is 0 Å². The Morgan fingerprint density at radius 2 is 2.33 bits per heavy atom. The summed E-state index contributed by atoms with van der Waals surface area (Å²) in [5.74, 6) is -0.115. The summed E-state index contributed by atoms with van der Waals surface area (Å²) in [4.78, 5) is 0. The molecule has 0 amide bonds. The van der Waals surface area contributed by atoms with Gasteiger partial charge in [-0.1, -0.05) is 6.07 Å². The predicted molar refractivity (Wildman–Crippen MR) is 44.3 cm³/mol. The Morgan fingerprint density at radius 3 is 2.83 bits per heavy atom. The minimum Gasteiger partial charge on any atom is -0.539 e. The van der Waals surface area contributed by atoms with E-state index in [2.05, 4.69) is 4.65 Å². The highest BCUT2D eigenvalue weighted by molar-refractivity contribution is 6.17. The van der Waals surface area contributed by atoms with Gasteiger partial charge in [0.05, 0.1) is 0 Å². The fourth-order valence-electron chi connectivity index (χ4n) is 0.858. The Kier molecular flexibility index (Phi) is 3.07. The van der Waals surface area contributed by atoms with Gasteiger partial charge in [-0.3, -0.25) is 0 Å². The first-order valence-electron chi connectivity index (χ1n) is 3.50. The van der Waals surface area contributed by atoms with Crippen LogP contribution in [-0.2, 0) is 6.54 Å². The van der Waals surface area contributed by atoms with Gasteiger partial charge in [-0.25, -0.2) is 4.39 Å². The Hall–Kier alpha value is -1.07. The van der Waals surface area contributed by atoms with Gasteiger partial charge >= 0.3 is 7.69 Å². The zero-order valence-electron chi connectivity index (χ0n) is 6.46. The first kappa shape index (κ1) is 9.03. The highest BCUT2D eigenvalue weighted by Crippen LogP contribution is 2.15. The fourth-order valence-corrected chi connectivity index (χ4v) is 0.858. The van der Waals surface area contributed by atoms with E-state index in [9.17, 15) is 4.39 Å². The maximum atomic E-state index is 12.9. The predicted octanol–water partition coefficient (Wildman–Crippen LogP) is -0.0780. The van der Waals surface area contributed by atoms with Crippen molar-refractivity contribution in [3.8, 4) is 5.75 Å². The Bertz CT molecular complexity index is 270. The summed E-state index contributed by atoms with van der Waals surface area (Å²) in [6, 6.07) is 4.28. The minimum absolute atomic E-state index is 0.158. The van der Waals surface area contributed by atoms with Gasteiger partial charge in [-0.2, -0.15) is 0 Å². The van der Waals surface area contributed by atoms with E-state index in [1.165, 1.54) is 12.1 Å². The Morgan fingerprint density at radius 1 is 1.58 bits per heavy atom. The summed E-state index contributed by atoms with van der Waals surface area (Å²) in [7, 11) is -0.457.